The first kappa shape index (κ1) is 26.3. The van der Waals surface area contributed by atoms with Gasteiger partial charge < -0.3 is 15.3 Å². The fourth-order valence-electron chi connectivity index (χ4n) is 5.76. The van der Waals surface area contributed by atoms with Crippen molar-refractivity contribution in [3.8, 4) is 5.75 Å². The van der Waals surface area contributed by atoms with Gasteiger partial charge in [-0.25, -0.2) is 0 Å². The molecule has 2 amide bonds. The topological polar surface area (TPSA) is 98.1 Å². The van der Waals surface area contributed by atoms with Crippen LogP contribution in [0, 0.1) is 17.8 Å². The normalized spacial score (nSPS) is 23.4. The van der Waals surface area contributed by atoms with Gasteiger partial charge in [-0.3, -0.25) is 14.5 Å². The SMILES string of the molecule is CCC1=C([C@H](O)CC/C(=C/c2cccc(O)c2)CC)[C@H](CO)[C@@H]2C(=O)N(Cc3cccs3)C(=O)[C@@H]2C1. The standard InChI is InChI=1S/C29H35NO5S/c1-3-18(13-19-7-5-8-21(32)14-19)10-11-25(33)26-20(4-2)15-23-27(24(26)17-31)29(35)30(28(23)34)16-22-9-6-12-36-22/h5-9,12-14,23-25,27,31-33H,3-4,10-11,15-17H2,1-2H3/b18-13+/t23-,24+,25-,27-/m1/s1. The average molecular weight is 510 g/mol. The van der Waals surface area contributed by atoms with E-state index in [1.807, 2.05) is 36.6 Å². The number of amides is 2. The van der Waals surface area contributed by atoms with E-state index < -0.39 is 23.9 Å². The zero-order valence-corrected chi connectivity index (χ0v) is 21.7. The highest BCUT2D eigenvalue weighted by atomic mass is 32.1. The lowest BCUT2D eigenvalue weighted by atomic mass is 9.67. The summed E-state index contributed by atoms with van der Waals surface area (Å²) in [7, 11) is 0. The molecular formula is C29H35NO5S. The van der Waals surface area contributed by atoms with Gasteiger partial charge in [0.05, 0.1) is 31.1 Å². The minimum atomic E-state index is -0.800. The number of fused-ring (bicyclic) bond motifs is 1. The third kappa shape index (κ3) is 5.33. The molecule has 0 radical (unpaired) electrons. The Kier molecular flexibility index (Phi) is 8.44. The largest absolute Gasteiger partial charge is 0.508 e. The lowest BCUT2D eigenvalue weighted by Gasteiger charge is -2.36. The maximum Gasteiger partial charge on any atom is 0.234 e. The molecule has 1 fully saturated rings. The van der Waals surface area contributed by atoms with Gasteiger partial charge >= 0.3 is 0 Å². The Morgan fingerprint density at radius 2 is 2.00 bits per heavy atom. The van der Waals surface area contributed by atoms with Crippen molar-refractivity contribution in [1.82, 2.24) is 4.90 Å². The van der Waals surface area contributed by atoms with Gasteiger partial charge in [0.2, 0.25) is 11.8 Å². The van der Waals surface area contributed by atoms with Crippen LogP contribution < -0.4 is 0 Å². The third-order valence-electron chi connectivity index (χ3n) is 7.59. The average Bonchev–Trinajstić information content (AvgIpc) is 3.48. The number of likely N-dealkylation sites (tertiary alicyclic amines) is 1. The number of allylic oxidation sites excluding steroid dienone is 2. The van der Waals surface area contributed by atoms with Crippen molar-refractivity contribution in [2.24, 2.45) is 17.8 Å². The quantitative estimate of drug-likeness (QED) is 0.312. The van der Waals surface area contributed by atoms with E-state index in [1.54, 1.807) is 18.2 Å². The molecule has 7 heteroatoms. The highest BCUT2D eigenvalue weighted by molar-refractivity contribution is 7.09. The van der Waals surface area contributed by atoms with E-state index in [-0.39, 0.29) is 30.7 Å². The van der Waals surface area contributed by atoms with Crippen molar-refractivity contribution in [3.05, 3.63) is 68.9 Å². The van der Waals surface area contributed by atoms with Crippen molar-refractivity contribution in [2.75, 3.05) is 6.61 Å². The summed E-state index contributed by atoms with van der Waals surface area (Å²) in [5.74, 6) is -1.86. The van der Waals surface area contributed by atoms with Gasteiger partial charge in [-0.15, -0.1) is 11.3 Å². The molecule has 1 aliphatic heterocycles. The monoisotopic (exact) mass is 509 g/mol. The number of imide groups is 1. The van der Waals surface area contributed by atoms with Crippen molar-refractivity contribution in [3.63, 3.8) is 0 Å². The van der Waals surface area contributed by atoms with E-state index >= 15 is 0 Å². The van der Waals surface area contributed by atoms with Crippen LogP contribution in [-0.2, 0) is 16.1 Å². The summed E-state index contributed by atoms with van der Waals surface area (Å²) in [6.07, 6.45) is 4.27. The second kappa shape index (κ2) is 11.5. The molecule has 4 atom stereocenters. The van der Waals surface area contributed by atoms with E-state index in [0.717, 1.165) is 33.6 Å². The molecule has 4 rings (SSSR count). The lowest BCUT2D eigenvalue weighted by molar-refractivity contribution is -0.140. The summed E-state index contributed by atoms with van der Waals surface area (Å²) in [6, 6.07) is 10.9. The minimum Gasteiger partial charge on any atom is -0.508 e. The van der Waals surface area contributed by atoms with Crippen LogP contribution in [0.4, 0.5) is 0 Å². The molecule has 192 valence electrons. The highest BCUT2D eigenvalue weighted by Crippen LogP contribution is 2.47. The van der Waals surface area contributed by atoms with Crippen LogP contribution in [0.15, 0.2) is 58.5 Å². The lowest BCUT2D eigenvalue weighted by Crippen LogP contribution is -2.39. The second-order valence-corrected chi connectivity index (χ2v) is 10.7. The number of phenolic OH excluding ortho intramolecular Hbond substituents is 1. The summed E-state index contributed by atoms with van der Waals surface area (Å²) < 4.78 is 0. The first-order valence-electron chi connectivity index (χ1n) is 12.7. The van der Waals surface area contributed by atoms with Gasteiger partial charge in [0, 0.05) is 10.8 Å². The highest BCUT2D eigenvalue weighted by Gasteiger charge is 2.54. The molecule has 2 aliphatic rings. The smallest absolute Gasteiger partial charge is 0.234 e. The molecule has 0 saturated carbocycles. The van der Waals surface area contributed by atoms with Gasteiger partial charge in [0.1, 0.15) is 5.75 Å². The van der Waals surface area contributed by atoms with Crippen LogP contribution in [0.5, 0.6) is 5.75 Å². The predicted molar refractivity (Wildman–Crippen MR) is 141 cm³/mol. The van der Waals surface area contributed by atoms with Gasteiger partial charge in [-0.2, -0.15) is 0 Å². The first-order valence-corrected chi connectivity index (χ1v) is 13.6. The molecular weight excluding hydrogens is 474 g/mol. The molecule has 1 aromatic carbocycles. The Morgan fingerprint density at radius 1 is 1.19 bits per heavy atom. The molecule has 0 spiro atoms. The summed E-state index contributed by atoms with van der Waals surface area (Å²) in [6.45, 7) is 4.05. The number of nitrogens with zero attached hydrogens (tertiary/aromatic N) is 1. The minimum absolute atomic E-state index is 0.168. The molecule has 1 aromatic heterocycles. The number of benzene rings is 1. The molecule has 2 heterocycles. The van der Waals surface area contributed by atoms with E-state index in [9.17, 15) is 24.9 Å². The number of phenols is 1. The number of carbonyl (C=O) groups is 2. The summed E-state index contributed by atoms with van der Waals surface area (Å²) >= 11 is 1.51. The second-order valence-electron chi connectivity index (χ2n) is 9.69. The van der Waals surface area contributed by atoms with Gasteiger partial charge in [0.25, 0.3) is 0 Å². The molecule has 1 aliphatic carbocycles. The molecule has 1 saturated heterocycles. The zero-order valence-electron chi connectivity index (χ0n) is 20.9. The Labute approximate surface area is 216 Å². The molecule has 6 nitrogen and oxygen atoms in total. The number of rotatable bonds is 10. The van der Waals surface area contributed by atoms with E-state index in [0.29, 0.717) is 25.7 Å². The zero-order chi connectivity index (χ0) is 25.8. The van der Waals surface area contributed by atoms with Crippen molar-refractivity contribution in [2.45, 2.75) is 58.6 Å². The van der Waals surface area contributed by atoms with Crippen LogP contribution in [-0.4, -0.2) is 44.7 Å². The van der Waals surface area contributed by atoms with Crippen LogP contribution in [0.1, 0.15) is 56.4 Å². The summed E-state index contributed by atoms with van der Waals surface area (Å²) in [5.41, 5.74) is 3.77. The number of aliphatic hydroxyl groups is 2. The Balaban J connectivity index is 1.54. The molecule has 2 aromatic rings. The maximum atomic E-state index is 13.4. The Hall–Kier alpha value is -2.74. The van der Waals surface area contributed by atoms with E-state index in [2.05, 4.69) is 6.92 Å². The van der Waals surface area contributed by atoms with Gasteiger partial charge in [-0.05, 0) is 66.8 Å². The Morgan fingerprint density at radius 3 is 2.64 bits per heavy atom. The van der Waals surface area contributed by atoms with Crippen LogP contribution in [0.3, 0.4) is 0 Å². The molecule has 0 unspecified atom stereocenters. The number of thiophene rings is 1. The fraction of sp³-hybridized carbons (Fsp3) is 0.448. The number of aromatic hydroxyl groups is 1. The van der Waals surface area contributed by atoms with Crippen molar-refractivity contribution in [1.29, 1.82) is 0 Å². The predicted octanol–water partition coefficient (Wildman–Crippen LogP) is 4.91. The van der Waals surface area contributed by atoms with Gasteiger partial charge in [0.15, 0.2) is 0 Å². The molecule has 36 heavy (non-hydrogen) atoms. The summed E-state index contributed by atoms with van der Waals surface area (Å²) in [5, 5.41) is 33.4. The van der Waals surface area contributed by atoms with E-state index in [4.69, 9.17) is 0 Å². The van der Waals surface area contributed by atoms with Crippen LogP contribution >= 0.6 is 11.3 Å². The van der Waals surface area contributed by atoms with Crippen molar-refractivity contribution >= 4 is 29.2 Å². The van der Waals surface area contributed by atoms with Crippen LogP contribution in [0.2, 0.25) is 0 Å². The number of hydrogen-bond acceptors (Lipinski definition) is 6. The number of hydrogen-bond donors (Lipinski definition) is 3. The van der Waals surface area contributed by atoms with Crippen molar-refractivity contribution < 1.29 is 24.9 Å². The number of aliphatic hydroxyl groups excluding tert-OH is 2. The van der Waals surface area contributed by atoms with E-state index in [1.165, 1.54) is 16.2 Å². The number of carbonyl (C=O) groups excluding carboxylic acids is 2. The molecule has 0 bridgehead atoms. The third-order valence-corrected chi connectivity index (χ3v) is 8.45. The summed E-state index contributed by atoms with van der Waals surface area (Å²) in [4.78, 5) is 29.0. The first-order chi connectivity index (χ1) is 17.4. The van der Waals surface area contributed by atoms with Crippen LogP contribution in [0.25, 0.3) is 6.08 Å². The van der Waals surface area contributed by atoms with Gasteiger partial charge in [-0.1, -0.05) is 49.3 Å². The Bertz CT molecular complexity index is 1150. The fourth-order valence-corrected chi connectivity index (χ4v) is 6.45. The maximum absolute atomic E-state index is 13.4. The molecule has 3 N–H and O–H groups in total.